The van der Waals surface area contributed by atoms with Gasteiger partial charge in [0.1, 0.15) is 12.4 Å². The molecular weight excluding hydrogens is 332 g/mol. The van der Waals surface area contributed by atoms with E-state index in [0.717, 1.165) is 5.56 Å². The molecule has 0 spiro atoms. The highest BCUT2D eigenvalue weighted by molar-refractivity contribution is 7.12. The lowest BCUT2D eigenvalue weighted by Crippen LogP contribution is -2.18. The van der Waals surface area contributed by atoms with Gasteiger partial charge in [-0.3, -0.25) is 9.59 Å². The second-order valence-corrected chi connectivity index (χ2v) is 6.29. The number of ketones is 1. The lowest BCUT2D eigenvalue weighted by molar-refractivity contribution is -0.155. The molecule has 1 aromatic heterocycles. The quantitative estimate of drug-likeness (QED) is 0.856. The summed E-state index contributed by atoms with van der Waals surface area (Å²) in [5, 5.41) is 10.4. The molecule has 2 aromatic rings. The van der Waals surface area contributed by atoms with Crippen molar-refractivity contribution >= 4 is 29.1 Å². The van der Waals surface area contributed by atoms with Crippen molar-refractivity contribution in [3.8, 4) is 5.75 Å². The number of carbonyl (C=O) groups excluding carboxylic acids is 2. The first-order valence-corrected chi connectivity index (χ1v) is 8.11. The van der Waals surface area contributed by atoms with Gasteiger partial charge in [-0.15, -0.1) is 11.3 Å². The molecule has 2 heterocycles. The minimum atomic E-state index is -1.22. The fourth-order valence-corrected chi connectivity index (χ4v) is 3.30. The van der Waals surface area contributed by atoms with Crippen molar-refractivity contribution in [2.45, 2.75) is 19.4 Å². The fourth-order valence-electron chi connectivity index (χ4n) is 2.44. The molecule has 3 rings (SSSR count). The van der Waals surface area contributed by atoms with Gasteiger partial charge in [-0.2, -0.15) is 0 Å². The third-order valence-electron chi connectivity index (χ3n) is 3.78. The summed E-state index contributed by atoms with van der Waals surface area (Å²) >= 11 is 1.36. The minimum Gasteiger partial charge on any atom is -0.488 e. The molecule has 1 atom stereocenters. The zero-order valence-corrected chi connectivity index (χ0v) is 13.6. The van der Waals surface area contributed by atoms with Crippen LogP contribution in [0.2, 0.25) is 0 Å². The van der Waals surface area contributed by atoms with Crippen molar-refractivity contribution in [3.05, 3.63) is 51.2 Å². The van der Waals surface area contributed by atoms with Crippen LogP contribution in [0.25, 0.3) is 0 Å². The summed E-state index contributed by atoms with van der Waals surface area (Å²) in [6.45, 7) is 1.24. The second kappa shape index (κ2) is 6.45. The van der Waals surface area contributed by atoms with Crippen molar-refractivity contribution in [2.24, 2.45) is 0 Å². The Morgan fingerprint density at radius 3 is 2.92 bits per heavy atom. The van der Waals surface area contributed by atoms with Crippen molar-refractivity contribution in [1.82, 2.24) is 0 Å². The van der Waals surface area contributed by atoms with Gasteiger partial charge in [0.2, 0.25) is 5.78 Å². The molecule has 124 valence electrons. The van der Waals surface area contributed by atoms with E-state index < -0.39 is 24.5 Å². The smallest absolute Gasteiger partial charge is 0.341 e. The van der Waals surface area contributed by atoms with Crippen LogP contribution in [-0.2, 0) is 20.9 Å². The molecule has 0 fully saturated rings. The summed E-state index contributed by atoms with van der Waals surface area (Å²) in [6, 6.07) is 6.80. The van der Waals surface area contributed by atoms with Crippen LogP contribution in [0.5, 0.6) is 5.75 Å². The van der Waals surface area contributed by atoms with Crippen LogP contribution in [0.15, 0.2) is 29.6 Å². The fraction of sp³-hybridized carbons (Fsp3) is 0.235. The maximum atomic E-state index is 12.7. The molecule has 0 aliphatic carbocycles. The lowest BCUT2D eigenvalue weighted by Gasteiger charge is -2.13. The van der Waals surface area contributed by atoms with Gasteiger partial charge in [-0.25, -0.2) is 4.79 Å². The zero-order valence-electron chi connectivity index (χ0n) is 12.8. The SMILES string of the molecule is CC(C(=O)OCC(=O)O)c1ccc2c(c1)C(=O)c1sccc1CO2. The van der Waals surface area contributed by atoms with Gasteiger partial charge < -0.3 is 14.6 Å². The number of hydrogen-bond acceptors (Lipinski definition) is 6. The van der Waals surface area contributed by atoms with Crippen LogP contribution in [0.3, 0.4) is 0 Å². The Morgan fingerprint density at radius 2 is 2.17 bits per heavy atom. The van der Waals surface area contributed by atoms with Crippen LogP contribution in [-0.4, -0.2) is 29.4 Å². The average Bonchev–Trinajstić information content (AvgIpc) is 3.00. The Morgan fingerprint density at radius 1 is 1.38 bits per heavy atom. The summed E-state index contributed by atoms with van der Waals surface area (Å²) in [4.78, 5) is 35.7. The first-order valence-electron chi connectivity index (χ1n) is 7.23. The van der Waals surface area contributed by atoms with Crippen LogP contribution < -0.4 is 4.74 Å². The van der Waals surface area contributed by atoms with E-state index in [0.29, 0.717) is 28.4 Å². The monoisotopic (exact) mass is 346 g/mol. The van der Waals surface area contributed by atoms with Gasteiger partial charge >= 0.3 is 11.9 Å². The van der Waals surface area contributed by atoms with Crippen molar-refractivity contribution < 1.29 is 29.0 Å². The van der Waals surface area contributed by atoms with E-state index in [4.69, 9.17) is 14.6 Å². The van der Waals surface area contributed by atoms with Crippen LogP contribution >= 0.6 is 11.3 Å². The van der Waals surface area contributed by atoms with E-state index in [-0.39, 0.29) is 5.78 Å². The molecule has 0 saturated carbocycles. The van der Waals surface area contributed by atoms with E-state index in [1.54, 1.807) is 25.1 Å². The number of ether oxygens (including phenoxy) is 2. The van der Waals surface area contributed by atoms with Crippen LogP contribution in [0.4, 0.5) is 0 Å². The number of hydrogen-bond donors (Lipinski definition) is 1. The van der Waals surface area contributed by atoms with E-state index in [1.165, 1.54) is 11.3 Å². The molecule has 1 aromatic carbocycles. The molecule has 7 heteroatoms. The number of esters is 1. The molecule has 0 amide bonds. The van der Waals surface area contributed by atoms with Crippen molar-refractivity contribution in [2.75, 3.05) is 6.61 Å². The Hall–Kier alpha value is -2.67. The van der Waals surface area contributed by atoms with E-state index in [1.807, 2.05) is 11.4 Å². The van der Waals surface area contributed by atoms with Gasteiger partial charge in [0, 0.05) is 5.56 Å². The number of carboxylic acids is 1. The summed E-state index contributed by atoms with van der Waals surface area (Å²) in [6.07, 6.45) is 0. The molecule has 24 heavy (non-hydrogen) atoms. The standard InChI is InChI=1S/C17H14O6S/c1-9(17(21)23-8-14(18)19)10-2-3-13-12(6-10)15(20)16-11(7-22-13)4-5-24-16/h2-6,9H,7-8H2,1H3,(H,18,19). The van der Waals surface area contributed by atoms with Gasteiger partial charge in [0.25, 0.3) is 0 Å². The molecule has 1 aliphatic heterocycles. The Balaban J connectivity index is 1.89. The zero-order chi connectivity index (χ0) is 17.3. The number of fused-ring (bicyclic) bond motifs is 2. The number of benzene rings is 1. The van der Waals surface area contributed by atoms with Gasteiger partial charge in [-0.1, -0.05) is 6.07 Å². The molecule has 1 unspecified atom stereocenters. The van der Waals surface area contributed by atoms with Crippen LogP contribution in [0.1, 0.15) is 39.2 Å². The molecule has 0 bridgehead atoms. The lowest BCUT2D eigenvalue weighted by atomic mass is 9.96. The van der Waals surface area contributed by atoms with E-state index in [2.05, 4.69) is 0 Å². The largest absolute Gasteiger partial charge is 0.488 e. The second-order valence-electron chi connectivity index (χ2n) is 5.37. The summed E-state index contributed by atoms with van der Waals surface area (Å²) in [5.41, 5.74) is 1.81. The maximum absolute atomic E-state index is 12.7. The van der Waals surface area contributed by atoms with E-state index in [9.17, 15) is 14.4 Å². The third-order valence-corrected chi connectivity index (χ3v) is 4.73. The summed E-state index contributed by atoms with van der Waals surface area (Å²) in [5.74, 6) is -2.23. The highest BCUT2D eigenvalue weighted by atomic mass is 32.1. The number of aliphatic carboxylic acids is 1. The van der Waals surface area contributed by atoms with E-state index >= 15 is 0 Å². The first kappa shape index (κ1) is 16.2. The summed E-state index contributed by atoms with van der Waals surface area (Å²) < 4.78 is 10.4. The van der Waals surface area contributed by atoms with Crippen LogP contribution in [0, 0.1) is 0 Å². The number of thiophene rings is 1. The Labute approximate surface area is 141 Å². The van der Waals surface area contributed by atoms with Gasteiger partial charge in [-0.05, 0) is 36.1 Å². The molecule has 6 nitrogen and oxygen atoms in total. The van der Waals surface area contributed by atoms with Gasteiger partial charge in [0.15, 0.2) is 6.61 Å². The molecule has 0 radical (unpaired) electrons. The Bertz CT molecular complexity index is 822. The van der Waals surface area contributed by atoms with Crippen molar-refractivity contribution in [1.29, 1.82) is 0 Å². The topological polar surface area (TPSA) is 89.9 Å². The molecule has 1 N–H and O–H groups in total. The van der Waals surface area contributed by atoms with Crippen molar-refractivity contribution in [3.63, 3.8) is 0 Å². The highest BCUT2D eigenvalue weighted by Gasteiger charge is 2.26. The normalized spacial score (nSPS) is 14.0. The summed E-state index contributed by atoms with van der Waals surface area (Å²) in [7, 11) is 0. The molecule has 0 saturated heterocycles. The Kier molecular flexibility index (Phi) is 4.35. The minimum absolute atomic E-state index is 0.138. The number of rotatable bonds is 4. The molecular formula is C17H14O6S. The number of carbonyl (C=O) groups is 3. The predicted octanol–water partition coefficient (Wildman–Crippen LogP) is 2.60. The first-order chi connectivity index (χ1) is 11.5. The third kappa shape index (κ3) is 3.03. The molecule has 1 aliphatic rings. The maximum Gasteiger partial charge on any atom is 0.341 e. The number of carboxylic acid groups (broad SMARTS) is 1. The average molecular weight is 346 g/mol. The van der Waals surface area contributed by atoms with Gasteiger partial charge in [0.05, 0.1) is 16.4 Å². The predicted molar refractivity (Wildman–Crippen MR) is 85.5 cm³/mol. The highest BCUT2D eigenvalue weighted by Crippen LogP contribution is 2.33.